The Bertz CT molecular complexity index is 1760. The van der Waals surface area contributed by atoms with Crippen LogP contribution in [0.5, 0.6) is 5.75 Å². The van der Waals surface area contributed by atoms with Gasteiger partial charge in [-0.15, -0.1) is 0 Å². The second-order valence-electron chi connectivity index (χ2n) is 12.8. The van der Waals surface area contributed by atoms with E-state index in [0.29, 0.717) is 38.1 Å². The number of allylic oxidation sites excluding steroid dienone is 1. The van der Waals surface area contributed by atoms with Gasteiger partial charge < -0.3 is 19.5 Å². The van der Waals surface area contributed by atoms with E-state index in [1.165, 1.54) is 30.6 Å². The normalized spacial score (nSPS) is 23.1. The van der Waals surface area contributed by atoms with E-state index in [2.05, 4.69) is 42.9 Å². The van der Waals surface area contributed by atoms with Crippen molar-refractivity contribution in [2.24, 2.45) is 11.8 Å². The molecule has 1 N–H and O–H groups in total. The molecule has 47 heavy (non-hydrogen) atoms. The van der Waals surface area contributed by atoms with E-state index >= 15 is 0 Å². The first-order valence-electron chi connectivity index (χ1n) is 16.0. The fourth-order valence-corrected chi connectivity index (χ4v) is 9.17. The third kappa shape index (κ3) is 7.38. The zero-order valence-electron chi connectivity index (χ0n) is 26.3. The molecular weight excluding hydrogens is 706 g/mol. The van der Waals surface area contributed by atoms with Crippen LogP contribution in [0.25, 0.3) is 0 Å². The summed E-state index contributed by atoms with van der Waals surface area (Å²) in [5, 5.41) is 11.9. The highest BCUT2D eigenvalue weighted by molar-refractivity contribution is 9.11. The largest absolute Gasteiger partial charge is 0.490 e. The Morgan fingerprint density at radius 1 is 1.23 bits per heavy atom. The number of halogens is 2. The van der Waals surface area contributed by atoms with E-state index in [0.717, 1.165) is 53.0 Å². The van der Waals surface area contributed by atoms with Crippen molar-refractivity contribution in [1.29, 1.82) is 0 Å². The van der Waals surface area contributed by atoms with E-state index in [9.17, 15) is 18.3 Å². The Balaban J connectivity index is 1.19. The number of benzene rings is 2. The Kier molecular flexibility index (Phi) is 10.3. The Hall–Kier alpha value is -2.99. The number of methoxy groups -OCH3 is 1. The molecule has 1 aliphatic heterocycles. The number of sulfone groups is 1. The van der Waals surface area contributed by atoms with Gasteiger partial charge in [-0.2, -0.15) is 0 Å². The van der Waals surface area contributed by atoms with Gasteiger partial charge in [0, 0.05) is 35.9 Å². The number of ether oxygens (including phenoxy) is 2. The third-order valence-corrected chi connectivity index (χ3v) is 12.3. The number of anilines is 1. The molecule has 0 bridgehead atoms. The number of carbonyl (C=O) groups excluding carboxylic acids is 1. The standard InChI is InChI=1S/C35H39BrClN3O6S/c1-45-33(42)24-8-12-32-30(18-24)40(21-35(22-46-32)13-2-5-23-17-27(37)9-11-29(23)35)20-25-7-10-28(25)31(41)19-26(36)6-3-16-47(43,44)34-38-14-4-15-39-34/h4,8-9,11-12,14-15,17-19,25,28,31,41H,2-3,5-7,10,13,16,20-22H2,1H3/b26-19-/t25-,28+,31?,35-/m0/s1. The molecule has 1 aromatic heterocycles. The van der Waals surface area contributed by atoms with Gasteiger partial charge in [-0.3, -0.25) is 0 Å². The molecule has 12 heteroatoms. The number of fused-ring (bicyclic) bond motifs is 3. The van der Waals surface area contributed by atoms with Gasteiger partial charge in [-0.05, 0) is 115 Å². The number of rotatable bonds is 10. The molecule has 0 amide bonds. The van der Waals surface area contributed by atoms with Crippen molar-refractivity contribution < 1.29 is 27.8 Å². The summed E-state index contributed by atoms with van der Waals surface area (Å²) in [5.74, 6) is 0.485. The Morgan fingerprint density at radius 3 is 2.79 bits per heavy atom. The van der Waals surface area contributed by atoms with E-state index in [1.54, 1.807) is 18.2 Å². The first-order chi connectivity index (χ1) is 22.6. The van der Waals surface area contributed by atoms with Gasteiger partial charge in [-0.25, -0.2) is 23.2 Å². The summed E-state index contributed by atoms with van der Waals surface area (Å²) in [7, 11) is -2.19. The average Bonchev–Trinajstić information content (AvgIpc) is 3.19. The molecule has 0 radical (unpaired) electrons. The molecule has 9 nitrogen and oxygen atoms in total. The number of hydrogen-bond acceptors (Lipinski definition) is 9. The highest BCUT2D eigenvalue weighted by Gasteiger charge is 2.44. The Morgan fingerprint density at radius 2 is 2.04 bits per heavy atom. The molecule has 6 rings (SSSR count). The molecule has 0 saturated heterocycles. The minimum absolute atomic E-state index is 0.0359. The van der Waals surface area contributed by atoms with E-state index in [1.807, 2.05) is 18.2 Å². The molecule has 3 aromatic rings. The first-order valence-corrected chi connectivity index (χ1v) is 18.8. The number of aromatic nitrogens is 2. The zero-order chi connectivity index (χ0) is 33.2. The van der Waals surface area contributed by atoms with Crippen molar-refractivity contribution >= 4 is 49.0 Å². The lowest BCUT2D eigenvalue weighted by atomic mass is 9.68. The summed E-state index contributed by atoms with van der Waals surface area (Å²) in [6.07, 6.45) is 9.61. The minimum Gasteiger partial charge on any atom is -0.490 e. The topological polar surface area (TPSA) is 119 Å². The van der Waals surface area contributed by atoms with Crippen LogP contribution in [-0.2, 0) is 26.4 Å². The predicted molar refractivity (Wildman–Crippen MR) is 184 cm³/mol. The van der Waals surface area contributed by atoms with Crippen LogP contribution in [0.3, 0.4) is 0 Å². The number of aryl methyl sites for hydroxylation is 1. The van der Waals surface area contributed by atoms with E-state index in [4.69, 9.17) is 21.1 Å². The van der Waals surface area contributed by atoms with Gasteiger partial charge in [0.1, 0.15) is 5.75 Å². The molecule has 250 valence electrons. The van der Waals surface area contributed by atoms with Crippen molar-refractivity contribution in [2.45, 2.75) is 61.6 Å². The summed E-state index contributed by atoms with van der Waals surface area (Å²) in [6, 6.07) is 13.2. The second-order valence-corrected chi connectivity index (χ2v) is 16.3. The highest BCUT2D eigenvalue weighted by Crippen LogP contribution is 2.47. The lowest BCUT2D eigenvalue weighted by molar-refractivity contribution is 0.0455. The van der Waals surface area contributed by atoms with E-state index in [-0.39, 0.29) is 28.2 Å². The lowest BCUT2D eigenvalue weighted by Gasteiger charge is -2.45. The van der Waals surface area contributed by atoms with Gasteiger partial charge in [0.25, 0.3) is 0 Å². The van der Waals surface area contributed by atoms with Gasteiger partial charge in [0.05, 0.1) is 36.8 Å². The van der Waals surface area contributed by atoms with E-state index < -0.39 is 21.9 Å². The van der Waals surface area contributed by atoms with Gasteiger partial charge in [0.2, 0.25) is 15.0 Å². The quantitative estimate of drug-likeness (QED) is 0.188. The predicted octanol–water partition coefficient (Wildman–Crippen LogP) is 6.31. The first kappa shape index (κ1) is 33.9. The maximum atomic E-state index is 12.6. The maximum absolute atomic E-state index is 12.6. The average molecular weight is 745 g/mol. The van der Waals surface area contributed by atoms with Crippen LogP contribution in [0.15, 0.2) is 70.6 Å². The summed E-state index contributed by atoms with van der Waals surface area (Å²) in [4.78, 5) is 22.6. The molecule has 2 aromatic carbocycles. The van der Waals surface area contributed by atoms with Gasteiger partial charge in [0.15, 0.2) is 0 Å². The zero-order valence-corrected chi connectivity index (χ0v) is 29.4. The fraction of sp³-hybridized carbons (Fsp3) is 0.457. The smallest absolute Gasteiger partial charge is 0.337 e. The van der Waals surface area contributed by atoms with Crippen molar-refractivity contribution in [3.8, 4) is 5.75 Å². The molecule has 2 aliphatic carbocycles. The molecule has 1 fully saturated rings. The summed E-state index contributed by atoms with van der Waals surface area (Å²) >= 11 is 9.97. The molecule has 1 saturated carbocycles. The number of nitrogens with zero attached hydrogens (tertiary/aromatic N) is 3. The van der Waals surface area contributed by atoms with Crippen LogP contribution < -0.4 is 9.64 Å². The number of carbonyl (C=O) groups is 1. The van der Waals surface area contributed by atoms with Crippen LogP contribution in [0.1, 0.15) is 60.0 Å². The molecule has 3 aliphatic rings. The van der Waals surface area contributed by atoms with Crippen LogP contribution in [0, 0.1) is 11.8 Å². The lowest BCUT2D eigenvalue weighted by Crippen LogP contribution is -2.49. The molecule has 1 unspecified atom stereocenters. The number of hydrogen-bond donors (Lipinski definition) is 1. The Labute approximate surface area is 289 Å². The summed E-state index contributed by atoms with van der Waals surface area (Å²) < 4.78 is 37.5. The second kappa shape index (κ2) is 14.2. The monoisotopic (exact) mass is 743 g/mol. The molecule has 1 spiro atoms. The molecule has 2 heterocycles. The third-order valence-electron chi connectivity index (χ3n) is 9.83. The molecule has 4 atom stereocenters. The van der Waals surface area contributed by atoms with Gasteiger partial charge in [-0.1, -0.05) is 33.6 Å². The number of aliphatic hydroxyl groups is 1. The fourth-order valence-electron chi connectivity index (χ4n) is 7.27. The van der Waals surface area contributed by atoms with Crippen molar-refractivity contribution in [1.82, 2.24) is 9.97 Å². The van der Waals surface area contributed by atoms with Crippen molar-refractivity contribution in [3.63, 3.8) is 0 Å². The minimum atomic E-state index is -3.57. The van der Waals surface area contributed by atoms with Crippen LogP contribution in [-0.4, -0.2) is 68.1 Å². The van der Waals surface area contributed by atoms with Crippen molar-refractivity contribution in [3.05, 3.63) is 87.1 Å². The van der Waals surface area contributed by atoms with Gasteiger partial charge >= 0.3 is 5.97 Å². The number of aliphatic hydroxyl groups excluding tert-OH is 1. The van der Waals surface area contributed by atoms with Crippen LogP contribution in [0.2, 0.25) is 5.02 Å². The summed E-state index contributed by atoms with van der Waals surface area (Å²) in [6.45, 7) is 1.91. The highest BCUT2D eigenvalue weighted by atomic mass is 79.9. The maximum Gasteiger partial charge on any atom is 0.337 e. The van der Waals surface area contributed by atoms with Crippen LogP contribution >= 0.6 is 27.5 Å². The summed E-state index contributed by atoms with van der Waals surface area (Å²) in [5.41, 5.74) is 3.58. The SMILES string of the molecule is COC(=O)c1ccc2c(c1)N(C[C@@H]1CC[C@H]1C(O)/C=C(\Br)CCCS(=O)(=O)c1ncccn1)C[C@@]1(CCCc3cc(Cl)ccc31)CO2. The van der Waals surface area contributed by atoms with Crippen LogP contribution in [0.4, 0.5) is 5.69 Å². The molecular formula is C35H39BrClN3O6S. The number of esters is 1. The van der Waals surface area contributed by atoms with Crippen molar-refractivity contribution in [2.75, 3.05) is 37.5 Å².